The number of anilines is 1. The topological polar surface area (TPSA) is 15.3 Å². The molecule has 0 aliphatic carbocycles. The molecule has 19 heavy (non-hydrogen) atoms. The quantitative estimate of drug-likeness (QED) is 0.769. The van der Waals surface area contributed by atoms with Crippen LogP contribution in [0, 0.1) is 11.7 Å². The third-order valence-electron chi connectivity index (χ3n) is 3.60. The molecule has 1 N–H and O–H groups in total. The molecule has 1 aromatic rings. The molecule has 1 aromatic carbocycles. The molecule has 0 saturated carbocycles. The Bertz CT molecular complexity index is 379. The largest absolute Gasteiger partial charge is 0.371 e. The summed E-state index contributed by atoms with van der Waals surface area (Å²) in [6.45, 7) is 11.9. The second kappa shape index (κ2) is 8.16. The van der Waals surface area contributed by atoms with Gasteiger partial charge in [0.25, 0.3) is 0 Å². The molecule has 1 atom stereocenters. The molecule has 1 rings (SSSR count). The van der Waals surface area contributed by atoms with Crippen LogP contribution in [0.3, 0.4) is 0 Å². The second-order valence-corrected chi connectivity index (χ2v) is 5.07. The van der Waals surface area contributed by atoms with E-state index >= 15 is 0 Å². The van der Waals surface area contributed by atoms with Crippen molar-refractivity contribution in [1.29, 1.82) is 0 Å². The van der Waals surface area contributed by atoms with Crippen LogP contribution < -0.4 is 10.2 Å². The summed E-state index contributed by atoms with van der Waals surface area (Å²) < 4.78 is 14.0. The molecule has 0 amide bonds. The van der Waals surface area contributed by atoms with E-state index < -0.39 is 0 Å². The summed E-state index contributed by atoms with van der Waals surface area (Å²) in [5.41, 5.74) is 1.82. The number of nitrogens with one attached hydrogen (secondary N) is 1. The Kier molecular flexibility index (Phi) is 6.85. The summed E-state index contributed by atoms with van der Waals surface area (Å²) in [6, 6.07) is 5.38. The van der Waals surface area contributed by atoms with Crippen molar-refractivity contribution in [3.8, 4) is 0 Å². The molecule has 2 nitrogen and oxygen atoms in total. The lowest BCUT2D eigenvalue weighted by atomic mass is 10.1. The van der Waals surface area contributed by atoms with E-state index in [2.05, 4.69) is 31.0 Å². The minimum atomic E-state index is -0.110. The molecule has 0 aliphatic heterocycles. The SMILES string of the molecule is CCNCc1c(F)cccc1N(CC)CC(C)CC. The maximum absolute atomic E-state index is 14.0. The lowest BCUT2D eigenvalue weighted by Crippen LogP contribution is -2.30. The van der Waals surface area contributed by atoms with E-state index in [0.29, 0.717) is 12.5 Å². The first-order valence-electron chi connectivity index (χ1n) is 7.36. The molecular weight excluding hydrogens is 239 g/mol. The number of hydrogen-bond acceptors (Lipinski definition) is 2. The molecule has 0 fully saturated rings. The highest BCUT2D eigenvalue weighted by Crippen LogP contribution is 2.24. The maximum Gasteiger partial charge on any atom is 0.129 e. The zero-order chi connectivity index (χ0) is 14.3. The smallest absolute Gasteiger partial charge is 0.129 e. The fourth-order valence-electron chi connectivity index (χ4n) is 2.17. The molecule has 0 heterocycles. The zero-order valence-electron chi connectivity index (χ0n) is 12.7. The van der Waals surface area contributed by atoms with Gasteiger partial charge in [0.2, 0.25) is 0 Å². The minimum absolute atomic E-state index is 0.110. The summed E-state index contributed by atoms with van der Waals surface area (Å²) in [6.07, 6.45) is 1.15. The lowest BCUT2D eigenvalue weighted by molar-refractivity contribution is 0.542. The van der Waals surface area contributed by atoms with Crippen molar-refractivity contribution in [3.63, 3.8) is 0 Å². The molecule has 0 bridgehead atoms. The van der Waals surface area contributed by atoms with Crippen LogP contribution in [0.5, 0.6) is 0 Å². The normalized spacial score (nSPS) is 12.5. The minimum Gasteiger partial charge on any atom is -0.371 e. The predicted octanol–water partition coefficient (Wildman–Crippen LogP) is 3.81. The van der Waals surface area contributed by atoms with Crippen LogP contribution in [0.1, 0.15) is 39.7 Å². The molecule has 0 aliphatic rings. The molecule has 0 radical (unpaired) electrons. The Balaban J connectivity index is 2.98. The summed E-state index contributed by atoms with van der Waals surface area (Å²) in [5.74, 6) is 0.510. The van der Waals surface area contributed by atoms with Crippen LogP contribution in [0.4, 0.5) is 10.1 Å². The first-order valence-corrected chi connectivity index (χ1v) is 7.36. The third-order valence-corrected chi connectivity index (χ3v) is 3.60. The van der Waals surface area contributed by atoms with Gasteiger partial charge in [0.1, 0.15) is 5.82 Å². The standard InChI is InChI=1S/C16H27FN2/c1-5-13(4)12-19(7-3)16-10-8-9-15(17)14(16)11-18-6-2/h8-10,13,18H,5-7,11-12H2,1-4H3. The van der Waals surface area contributed by atoms with Crippen molar-refractivity contribution < 1.29 is 4.39 Å². The van der Waals surface area contributed by atoms with Gasteiger partial charge in [0.15, 0.2) is 0 Å². The second-order valence-electron chi connectivity index (χ2n) is 5.07. The molecule has 1 unspecified atom stereocenters. The van der Waals surface area contributed by atoms with Gasteiger partial charge >= 0.3 is 0 Å². The molecular formula is C16H27FN2. The molecule has 108 valence electrons. The molecule has 0 saturated heterocycles. The van der Waals surface area contributed by atoms with Crippen LogP contribution in [0.25, 0.3) is 0 Å². The van der Waals surface area contributed by atoms with E-state index in [9.17, 15) is 4.39 Å². The number of nitrogens with zero attached hydrogens (tertiary/aromatic N) is 1. The number of rotatable bonds is 8. The predicted molar refractivity (Wildman–Crippen MR) is 81.1 cm³/mol. The van der Waals surface area contributed by atoms with Gasteiger partial charge in [-0.2, -0.15) is 0 Å². The highest BCUT2D eigenvalue weighted by atomic mass is 19.1. The number of halogens is 1. The van der Waals surface area contributed by atoms with E-state index in [1.807, 2.05) is 13.0 Å². The first kappa shape index (κ1) is 16.0. The van der Waals surface area contributed by atoms with Gasteiger partial charge in [-0.25, -0.2) is 4.39 Å². The van der Waals surface area contributed by atoms with Crippen molar-refractivity contribution in [2.24, 2.45) is 5.92 Å². The van der Waals surface area contributed by atoms with Crippen molar-refractivity contribution in [1.82, 2.24) is 5.32 Å². The fourth-order valence-corrected chi connectivity index (χ4v) is 2.17. The van der Waals surface area contributed by atoms with Crippen LogP contribution >= 0.6 is 0 Å². The Morgan fingerprint density at radius 2 is 2.00 bits per heavy atom. The average Bonchev–Trinajstić information content (AvgIpc) is 2.43. The van der Waals surface area contributed by atoms with Crippen molar-refractivity contribution in [2.75, 3.05) is 24.5 Å². The molecule has 0 aromatic heterocycles. The monoisotopic (exact) mass is 266 g/mol. The van der Waals surface area contributed by atoms with E-state index in [1.54, 1.807) is 12.1 Å². The Morgan fingerprint density at radius 1 is 1.26 bits per heavy atom. The Morgan fingerprint density at radius 3 is 2.58 bits per heavy atom. The molecule has 3 heteroatoms. The Hall–Kier alpha value is -1.09. The van der Waals surface area contributed by atoms with Gasteiger partial charge in [-0.1, -0.05) is 33.3 Å². The van der Waals surface area contributed by atoms with Crippen LogP contribution in [0.2, 0.25) is 0 Å². The summed E-state index contributed by atoms with van der Waals surface area (Å²) >= 11 is 0. The first-order chi connectivity index (χ1) is 9.13. The molecule has 0 spiro atoms. The van der Waals surface area contributed by atoms with Crippen LogP contribution in [0.15, 0.2) is 18.2 Å². The number of benzene rings is 1. The van der Waals surface area contributed by atoms with Gasteiger partial charge in [-0.3, -0.25) is 0 Å². The average molecular weight is 266 g/mol. The van der Waals surface area contributed by atoms with E-state index in [-0.39, 0.29) is 5.82 Å². The Labute approximate surface area is 117 Å². The summed E-state index contributed by atoms with van der Waals surface area (Å²) in [7, 11) is 0. The number of hydrogen-bond donors (Lipinski definition) is 1. The highest BCUT2D eigenvalue weighted by Gasteiger charge is 2.14. The van der Waals surface area contributed by atoms with E-state index in [0.717, 1.165) is 37.3 Å². The summed E-state index contributed by atoms with van der Waals surface area (Å²) in [4.78, 5) is 2.28. The van der Waals surface area contributed by atoms with Crippen LogP contribution in [-0.2, 0) is 6.54 Å². The fraction of sp³-hybridized carbons (Fsp3) is 0.625. The van der Waals surface area contributed by atoms with Crippen molar-refractivity contribution in [2.45, 2.75) is 40.7 Å². The van der Waals surface area contributed by atoms with Gasteiger partial charge in [0.05, 0.1) is 0 Å². The lowest BCUT2D eigenvalue weighted by Gasteiger charge is -2.28. The van der Waals surface area contributed by atoms with Gasteiger partial charge in [-0.15, -0.1) is 0 Å². The van der Waals surface area contributed by atoms with Crippen LogP contribution in [-0.4, -0.2) is 19.6 Å². The van der Waals surface area contributed by atoms with E-state index in [4.69, 9.17) is 0 Å². The summed E-state index contributed by atoms with van der Waals surface area (Å²) in [5, 5.41) is 3.23. The maximum atomic E-state index is 14.0. The highest BCUT2D eigenvalue weighted by molar-refractivity contribution is 5.54. The van der Waals surface area contributed by atoms with Gasteiger partial charge in [-0.05, 0) is 31.5 Å². The third kappa shape index (κ3) is 4.50. The van der Waals surface area contributed by atoms with E-state index in [1.165, 1.54) is 0 Å². The van der Waals surface area contributed by atoms with Gasteiger partial charge < -0.3 is 10.2 Å². The van der Waals surface area contributed by atoms with Crippen molar-refractivity contribution in [3.05, 3.63) is 29.6 Å². The van der Waals surface area contributed by atoms with Crippen molar-refractivity contribution >= 4 is 5.69 Å². The van der Waals surface area contributed by atoms with Gasteiger partial charge in [0, 0.05) is 30.9 Å². The zero-order valence-corrected chi connectivity index (χ0v) is 12.7.